The lowest BCUT2D eigenvalue weighted by Gasteiger charge is -2.44. The summed E-state index contributed by atoms with van der Waals surface area (Å²) < 4.78 is 61.3. The van der Waals surface area contributed by atoms with E-state index in [-0.39, 0.29) is 30.3 Å². The summed E-state index contributed by atoms with van der Waals surface area (Å²) in [7, 11) is 1.55. The summed E-state index contributed by atoms with van der Waals surface area (Å²) in [5.74, 6) is -0.686. The smallest absolute Gasteiger partial charge is 0.419 e. The molecule has 1 unspecified atom stereocenters. The number of carbonyl (C=O) groups is 1. The molecule has 0 spiro atoms. The van der Waals surface area contributed by atoms with Crippen LogP contribution in [0.1, 0.15) is 50.3 Å². The third kappa shape index (κ3) is 8.05. The van der Waals surface area contributed by atoms with Crippen molar-refractivity contribution in [2.75, 3.05) is 73.6 Å². The highest BCUT2D eigenvalue weighted by atomic mass is 19.4. The second kappa shape index (κ2) is 15.4. The monoisotopic (exact) mass is 712 g/mol. The molecule has 0 radical (unpaired) electrons. The molecule has 51 heavy (non-hydrogen) atoms. The first-order valence-corrected chi connectivity index (χ1v) is 17.2. The topological polar surface area (TPSA) is 98.3 Å². The maximum absolute atomic E-state index is 15.1. The standard InChI is InChI=1S/C36H44F4N8O3/c1-5-34(49)44-27-19-28(31(50-4)20-30(27)47-12-9-24(10-13-47)46-16-14-45(15-17-46)23(2)3)43-32-21-33(42-22-41-32)48-29(11-18-51-48)25-7-6-8-26(35(25)37)36(38,39)40/h5-8,19-24,29H,1,9-18H2,2-4H3,(H,44,49)(H,41,42,43). The van der Waals surface area contributed by atoms with Crippen LogP contribution in [0, 0.1) is 5.82 Å². The average Bonchev–Trinajstić information content (AvgIpc) is 3.61. The fraction of sp³-hybridized carbons (Fsp3) is 0.472. The summed E-state index contributed by atoms with van der Waals surface area (Å²) in [6, 6.07) is 8.61. The molecule has 0 aliphatic carbocycles. The maximum atomic E-state index is 15.1. The number of rotatable bonds is 10. The summed E-state index contributed by atoms with van der Waals surface area (Å²) in [5.41, 5.74) is 0.384. The highest BCUT2D eigenvalue weighted by molar-refractivity contribution is 6.02. The van der Waals surface area contributed by atoms with Gasteiger partial charge >= 0.3 is 6.18 Å². The van der Waals surface area contributed by atoms with Gasteiger partial charge < -0.3 is 20.3 Å². The van der Waals surface area contributed by atoms with Crippen LogP contribution in [0.15, 0.2) is 55.4 Å². The minimum Gasteiger partial charge on any atom is -0.494 e. The predicted octanol–water partition coefficient (Wildman–Crippen LogP) is 6.39. The van der Waals surface area contributed by atoms with Crippen LogP contribution in [0.25, 0.3) is 0 Å². The van der Waals surface area contributed by atoms with Crippen molar-refractivity contribution in [3.05, 3.63) is 72.3 Å². The first kappa shape index (κ1) is 36.3. The van der Waals surface area contributed by atoms with Gasteiger partial charge in [-0.25, -0.2) is 19.4 Å². The molecule has 3 aliphatic rings. The molecule has 15 heteroatoms. The van der Waals surface area contributed by atoms with Gasteiger partial charge in [-0.2, -0.15) is 13.2 Å². The Morgan fingerprint density at radius 3 is 2.45 bits per heavy atom. The molecule has 4 heterocycles. The van der Waals surface area contributed by atoms with E-state index < -0.39 is 23.6 Å². The number of aromatic nitrogens is 2. The van der Waals surface area contributed by atoms with E-state index >= 15 is 4.39 Å². The molecule has 3 aliphatic heterocycles. The van der Waals surface area contributed by atoms with E-state index in [2.05, 4.69) is 55.7 Å². The molecular weight excluding hydrogens is 668 g/mol. The van der Waals surface area contributed by atoms with Crippen LogP contribution in [0.5, 0.6) is 5.75 Å². The summed E-state index contributed by atoms with van der Waals surface area (Å²) in [6.07, 6.45) is -0.125. The molecular formula is C36H44F4N8O3. The van der Waals surface area contributed by atoms with Crippen molar-refractivity contribution in [2.45, 2.75) is 57.4 Å². The Hall–Kier alpha value is -4.47. The molecule has 274 valence electrons. The molecule has 3 saturated heterocycles. The third-order valence-corrected chi connectivity index (χ3v) is 9.90. The number of nitrogens with zero attached hydrogens (tertiary/aromatic N) is 6. The number of hydroxylamine groups is 1. The van der Waals surface area contributed by atoms with E-state index in [9.17, 15) is 18.0 Å². The lowest BCUT2D eigenvalue weighted by molar-refractivity contribution is -0.140. The summed E-state index contributed by atoms with van der Waals surface area (Å²) in [6.45, 7) is 14.1. The number of piperidine rings is 1. The first-order valence-electron chi connectivity index (χ1n) is 17.2. The van der Waals surface area contributed by atoms with Crippen molar-refractivity contribution in [2.24, 2.45) is 0 Å². The van der Waals surface area contributed by atoms with E-state index in [4.69, 9.17) is 9.57 Å². The van der Waals surface area contributed by atoms with E-state index in [0.29, 0.717) is 41.1 Å². The number of methoxy groups -OCH3 is 1. The fourth-order valence-corrected chi connectivity index (χ4v) is 7.15. The van der Waals surface area contributed by atoms with E-state index in [1.807, 2.05) is 6.07 Å². The average molecular weight is 713 g/mol. The number of piperazine rings is 1. The zero-order valence-electron chi connectivity index (χ0n) is 29.0. The number of alkyl halides is 3. The normalized spacial score (nSPS) is 19.4. The zero-order chi connectivity index (χ0) is 36.3. The second-order valence-corrected chi connectivity index (χ2v) is 13.2. The molecule has 2 N–H and O–H groups in total. The number of anilines is 5. The summed E-state index contributed by atoms with van der Waals surface area (Å²) in [4.78, 5) is 34.3. The Kier molecular flexibility index (Phi) is 11.0. The van der Waals surface area contributed by atoms with Gasteiger partial charge in [0.2, 0.25) is 5.91 Å². The van der Waals surface area contributed by atoms with Crippen LogP contribution < -0.4 is 25.3 Å². The molecule has 0 saturated carbocycles. The molecule has 2 aromatic carbocycles. The molecule has 11 nitrogen and oxygen atoms in total. The molecule has 1 aromatic heterocycles. The van der Waals surface area contributed by atoms with Crippen LogP contribution in [-0.2, 0) is 15.8 Å². The maximum Gasteiger partial charge on any atom is 0.419 e. The Morgan fingerprint density at radius 2 is 1.78 bits per heavy atom. The number of benzene rings is 2. The van der Waals surface area contributed by atoms with Crippen molar-refractivity contribution >= 4 is 34.6 Å². The van der Waals surface area contributed by atoms with Gasteiger partial charge in [0.15, 0.2) is 5.82 Å². The van der Waals surface area contributed by atoms with Crippen molar-refractivity contribution < 1.29 is 31.9 Å². The Morgan fingerprint density at radius 1 is 1.04 bits per heavy atom. The number of carbonyl (C=O) groups excluding carboxylic acids is 1. The van der Waals surface area contributed by atoms with Crippen LogP contribution in [-0.4, -0.2) is 90.7 Å². The zero-order valence-corrected chi connectivity index (χ0v) is 29.0. The fourth-order valence-electron chi connectivity index (χ4n) is 7.15. The van der Waals surface area contributed by atoms with E-state index in [1.165, 1.54) is 29.6 Å². The van der Waals surface area contributed by atoms with Crippen LogP contribution in [0.2, 0.25) is 0 Å². The second-order valence-electron chi connectivity index (χ2n) is 13.2. The number of hydrogen-bond donors (Lipinski definition) is 2. The van der Waals surface area contributed by atoms with E-state index in [1.54, 1.807) is 19.2 Å². The number of nitrogens with one attached hydrogen (secondary N) is 2. The van der Waals surface area contributed by atoms with Gasteiger partial charge in [0.1, 0.15) is 23.7 Å². The molecule has 6 rings (SSSR count). The summed E-state index contributed by atoms with van der Waals surface area (Å²) >= 11 is 0. The number of amides is 1. The lowest BCUT2D eigenvalue weighted by atomic mass is 10.0. The van der Waals surface area contributed by atoms with Crippen LogP contribution >= 0.6 is 0 Å². The van der Waals surface area contributed by atoms with Crippen molar-refractivity contribution in [1.82, 2.24) is 19.8 Å². The Labute approximate surface area is 295 Å². The van der Waals surface area contributed by atoms with Gasteiger partial charge in [0, 0.05) is 75.5 Å². The molecule has 1 amide bonds. The summed E-state index contributed by atoms with van der Waals surface area (Å²) in [5, 5.41) is 7.46. The quantitative estimate of drug-likeness (QED) is 0.182. The van der Waals surface area contributed by atoms with E-state index in [0.717, 1.165) is 57.8 Å². The van der Waals surface area contributed by atoms with Crippen molar-refractivity contribution in [1.29, 1.82) is 0 Å². The molecule has 3 aromatic rings. The van der Waals surface area contributed by atoms with Gasteiger partial charge in [-0.1, -0.05) is 18.7 Å². The molecule has 3 fully saturated rings. The predicted molar refractivity (Wildman–Crippen MR) is 188 cm³/mol. The highest BCUT2D eigenvalue weighted by Gasteiger charge is 2.38. The Bertz CT molecular complexity index is 1710. The minimum absolute atomic E-state index is 0.145. The number of ether oxygens (including phenoxy) is 1. The number of hydrogen-bond acceptors (Lipinski definition) is 10. The highest BCUT2D eigenvalue weighted by Crippen LogP contribution is 2.42. The SMILES string of the molecule is C=CC(=O)Nc1cc(Nc2cc(N3OCCC3c3cccc(C(F)(F)F)c3F)ncn2)c(OC)cc1N1CCC(N2CCN(C(C)C)CC2)CC1. The largest absolute Gasteiger partial charge is 0.494 e. The van der Waals surface area contributed by atoms with Gasteiger partial charge in [0.25, 0.3) is 0 Å². The van der Waals surface area contributed by atoms with Crippen LogP contribution in [0.4, 0.5) is 46.3 Å². The van der Waals surface area contributed by atoms with Crippen molar-refractivity contribution in [3.63, 3.8) is 0 Å². The van der Waals surface area contributed by atoms with Gasteiger partial charge in [0.05, 0.1) is 42.4 Å². The van der Waals surface area contributed by atoms with Gasteiger partial charge in [-0.3, -0.25) is 19.4 Å². The van der Waals surface area contributed by atoms with Crippen LogP contribution in [0.3, 0.4) is 0 Å². The molecule has 0 bridgehead atoms. The van der Waals surface area contributed by atoms with Crippen molar-refractivity contribution in [3.8, 4) is 5.75 Å². The molecule has 1 atom stereocenters. The van der Waals surface area contributed by atoms with Gasteiger partial charge in [-0.05, 0) is 44.9 Å². The lowest BCUT2D eigenvalue weighted by Crippen LogP contribution is -2.54. The minimum atomic E-state index is -4.84. The van der Waals surface area contributed by atoms with Gasteiger partial charge in [-0.15, -0.1) is 0 Å². The third-order valence-electron chi connectivity index (χ3n) is 9.90. The first-order chi connectivity index (χ1) is 24.5. The Balaban J connectivity index is 1.21. The number of halogens is 4.